The molecule has 140 valence electrons. The van der Waals surface area contributed by atoms with Crippen LogP contribution in [-0.4, -0.2) is 68.3 Å². The lowest BCUT2D eigenvalue weighted by atomic mass is 10.0. The van der Waals surface area contributed by atoms with Gasteiger partial charge in [-0.2, -0.15) is 0 Å². The van der Waals surface area contributed by atoms with E-state index in [1.165, 1.54) is 12.8 Å². The van der Waals surface area contributed by atoms with Crippen molar-refractivity contribution >= 4 is 0 Å². The van der Waals surface area contributed by atoms with Gasteiger partial charge in [-0.1, -0.05) is 6.07 Å². The second-order valence-electron chi connectivity index (χ2n) is 6.97. The summed E-state index contributed by atoms with van der Waals surface area (Å²) in [5.41, 5.74) is 1.96. The Morgan fingerprint density at radius 2 is 1.92 bits per heavy atom. The molecule has 0 N–H and O–H groups in total. The number of piperidine rings is 1. The molecule has 3 rings (SSSR count). The molecule has 5 heteroatoms. The summed E-state index contributed by atoms with van der Waals surface area (Å²) < 4.78 is 11.5. The van der Waals surface area contributed by atoms with Crippen molar-refractivity contribution < 1.29 is 9.47 Å². The summed E-state index contributed by atoms with van der Waals surface area (Å²) in [5, 5.41) is 0. The third kappa shape index (κ3) is 4.74. The van der Waals surface area contributed by atoms with E-state index in [2.05, 4.69) is 28.9 Å². The lowest BCUT2D eigenvalue weighted by molar-refractivity contribution is 0.127. The average Bonchev–Trinajstić information content (AvgIpc) is 2.69. The molecular formula is C21H29N3O2. The molecule has 0 radical (unpaired) electrons. The summed E-state index contributed by atoms with van der Waals surface area (Å²) in [7, 11) is 6.02. The van der Waals surface area contributed by atoms with Crippen LogP contribution < -0.4 is 9.47 Å². The molecule has 1 aliphatic heterocycles. The fourth-order valence-electron chi connectivity index (χ4n) is 3.42. The number of ether oxygens (including phenoxy) is 2. The highest BCUT2D eigenvalue weighted by molar-refractivity contribution is 5.63. The fourth-order valence-corrected chi connectivity index (χ4v) is 3.42. The summed E-state index contributed by atoms with van der Waals surface area (Å²) in [5.74, 6) is 1.54. The van der Waals surface area contributed by atoms with E-state index in [4.69, 9.17) is 9.47 Å². The lowest BCUT2D eigenvalue weighted by Crippen LogP contribution is -2.43. The second kappa shape index (κ2) is 9.01. The maximum absolute atomic E-state index is 6.00. The SMILES string of the molecule is COc1cc(-c2ccccn2)ccc1OCCN1CCC(N(C)C)CC1. The summed E-state index contributed by atoms with van der Waals surface area (Å²) in [4.78, 5) is 9.21. The Morgan fingerprint density at radius 1 is 1.12 bits per heavy atom. The quantitative estimate of drug-likeness (QED) is 0.763. The molecule has 0 atom stereocenters. The molecule has 0 unspecified atom stereocenters. The Morgan fingerprint density at radius 3 is 2.58 bits per heavy atom. The Labute approximate surface area is 156 Å². The van der Waals surface area contributed by atoms with Gasteiger partial charge in [-0.25, -0.2) is 0 Å². The predicted molar refractivity (Wildman–Crippen MR) is 105 cm³/mol. The van der Waals surface area contributed by atoms with Gasteiger partial charge in [0.25, 0.3) is 0 Å². The van der Waals surface area contributed by atoms with E-state index in [0.717, 1.165) is 42.4 Å². The van der Waals surface area contributed by atoms with Gasteiger partial charge in [0.15, 0.2) is 11.5 Å². The highest BCUT2D eigenvalue weighted by Gasteiger charge is 2.20. The van der Waals surface area contributed by atoms with Crippen molar-refractivity contribution in [1.29, 1.82) is 0 Å². The van der Waals surface area contributed by atoms with Crippen LogP contribution in [0.25, 0.3) is 11.3 Å². The first-order valence-corrected chi connectivity index (χ1v) is 9.28. The number of rotatable bonds is 7. The van der Waals surface area contributed by atoms with Crippen LogP contribution in [-0.2, 0) is 0 Å². The summed E-state index contributed by atoms with van der Waals surface area (Å²) in [6, 6.07) is 12.6. The first kappa shape index (κ1) is 18.7. The molecule has 0 bridgehead atoms. The van der Waals surface area contributed by atoms with Crippen LogP contribution in [0.4, 0.5) is 0 Å². The van der Waals surface area contributed by atoms with Crippen molar-refractivity contribution in [1.82, 2.24) is 14.8 Å². The molecule has 0 aliphatic carbocycles. The molecule has 1 aromatic heterocycles. The zero-order valence-corrected chi connectivity index (χ0v) is 16.0. The molecule has 0 saturated carbocycles. The van der Waals surface area contributed by atoms with E-state index in [9.17, 15) is 0 Å². The van der Waals surface area contributed by atoms with Gasteiger partial charge < -0.3 is 14.4 Å². The van der Waals surface area contributed by atoms with Crippen LogP contribution >= 0.6 is 0 Å². The van der Waals surface area contributed by atoms with Crippen molar-refractivity contribution in [3.63, 3.8) is 0 Å². The zero-order valence-electron chi connectivity index (χ0n) is 16.0. The minimum absolute atomic E-state index is 0.673. The van der Waals surface area contributed by atoms with E-state index in [1.807, 2.05) is 36.4 Å². The van der Waals surface area contributed by atoms with Crippen molar-refractivity contribution in [2.75, 3.05) is 47.4 Å². The smallest absolute Gasteiger partial charge is 0.161 e. The van der Waals surface area contributed by atoms with Crippen molar-refractivity contribution in [2.45, 2.75) is 18.9 Å². The third-order valence-electron chi connectivity index (χ3n) is 5.08. The number of pyridine rings is 1. The molecule has 5 nitrogen and oxygen atoms in total. The Kier molecular flexibility index (Phi) is 6.47. The van der Waals surface area contributed by atoms with Gasteiger partial charge in [0.05, 0.1) is 12.8 Å². The van der Waals surface area contributed by atoms with Gasteiger partial charge >= 0.3 is 0 Å². The molecule has 0 amide bonds. The maximum Gasteiger partial charge on any atom is 0.161 e. The topological polar surface area (TPSA) is 37.8 Å². The van der Waals surface area contributed by atoms with Gasteiger partial charge in [0, 0.05) is 24.3 Å². The number of benzene rings is 1. The first-order chi connectivity index (χ1) is 12.7. The van der Waals surface area contributed by atoms with Gasteiger partial charge in [-0.05, 0) is 70.4 Å². The number of likely N-dealkylation sites (tertiary alicyclic amines) is 1. The van der Waals surface area contributed by atoms with Crippen molar-refractivity contribution in [3.05, 3.63) is 42.6 Å². The molecule has 26 heavy (non-hydrogen) atoms. The fraction of sp³-hybridized carbons (Fsp3) is 0.476. The van der Waals surface area contributed by atoms with Gasteiger partial charge in [-0.3, -0.25) is 9.88 Å². The molecule has 1 aromatic carbocycles. The van der Waals surface area contributed by atoms with Gasteiger partial charge in [0.2, 0.25) is 0 Å². The second-order valence-corrected chi connectivity index (χ2v) is 6.97. The highest BCUT2D eigenvalue weighted by Crippen LogP contribution is 2.31. The number of hydrogen-bond acceptors (Lipinski definition) is 5. The normalized spacial score (nSPS) is 16.0. The van der Waals surface area contributed by atoms with E-state index in [-0.39, 0.29) is 0 Å². The standard InChI is InChI=1S/C21H29N3O2/c1-23(2)18-9-12-24(13-10-18)14-15-26-20-8-7-17(16-21(20)25-3)19-6-4-5-11-22-19/h4-8,11,16,18H,9-10,12-15H2,1-3H3. The van der Waals surface area contributed by atoms with Gasteiger partial charge in [0.1, 0.15) is 6.61 Å². The number of nitrogens with zero attached hydrogens (tertiary/aromatic N) is 3. The Hall–Kier alpha value is -2.11. The number of hydrogen-bond donors (Lipinski definition) is 0. The summed E-state index contributed by atoms with van der Waals surface area (Å²) in [6.45, 7) is 3.90. The highest BCUT2D eigenvalue weighted by atomic mass is 16.5. The largest absolute Gasteiger partial charge is 0.493 e. The van der Waals surface area contributed by atoms with Crippen LogP contribution in [0.5, 0.6) is 11.5 Å². The lowest BCUT2D eigenvalue weighted by Gasteiger charge is -2.35. The van der Waals surface area contributed by atoms with E-state index in [1.54, 1.807) is 13.3 Å². The van der Waals surface area contributed by atoms with Crippen LogP contribution in [0, 0.1) is 0 Å². The number of aromatic nitrogens is 1. The summed E-state index contributed by atoms with van der Waals surface area (Å²) >= 11 is 0. The predicted octanol–water partition coefficient (Wildman–Crippen LogP) is 3.16. The number of methoxy groups -OCH3 is 1. The molecule has 2 aromatic rings. The van der Waals surface area contributed by atoms with Crippen LogP contribution in [0.1, 0.15) is 12.8 Å². The zero-order chi connectivity index (χ0) is 18.4. The first-order valence-electron chi connectivity index (χ1n) is 9.28. The van der Waals surface area contributed by atoms with Crippen molar-refractivity contribution in [2.24, 2.45) is 0 Å². The van der Waals surface area contributed by atoms with Crippen LogP contribution in [0.2, 0.25) is 0 Å². The molecule has 1 saturated heterocycles. The molecule has 0 spiro atoms. The minimum Gasteiger partial charge on any atom is -0.493 e. The van der Waals surface area contributed by atoms with E-state index in [0.29, 0.717) is 12.6 Å². The van der Waals surface area contributed by atoms with Crippen LogP contribution in [0.15, 0.2) is 42.6 Å². The minimum atomic E-state index is 0.673. The van der Waals surface area contributed by atoms with E-state index < -0.39 is 0 Å². The maximum atomic E-state index is 6.00. The third-order valence-corrected chi connectivity index (χ3v) is 5.08. The molecular weight excluding hydrogens is 326 g/mol. The monoisotopic (exact) mass is 355 g/mol. The Balaban J connectivity index is 1.54. The molecule has 1 fully saturated rings. The van der Waals surface area contributed by atoms with E-state index >= 15 is 0 Å². The van der Waals surface area contributed by atoms with Crippen molar-refractivity contribution in [3.8, 4) is 22.8 Å². The van der Waals surface area contributed by atoms with Crippen LogP contribution in [0.3, 0.4) is 0 Å². The molecule has 1 aliphatic rings. The average molecular weight is 355 g/mol. The Bertz CT molecular complexity index is 683. The van der Waals surface area contributed by atoms with Gasteiger partial charge in [-0.15, -0.1) is 0 Å². The molecule has 2 heterocycles. The summed E-state index contributed by atoms with van der Waals surface area (Å²) in [6.07, 6.45) is 4.26.